The first-order valence-electron chi connectivity index (χ1n) is 7.53. The molecule has 0 unspecified atom stereocenters. The van der Waals surface area contributed by atoms with E-state index in [1.807, 2.05) is 36.4 Å². The predicted molar refractivity (Wildman–Crippen MR) is 93.4 cm³/mol. The second kappa shape index (κ2) is 7.05. The molecule has 1 atom stereocenters. The van der Waals surface area contributed by atoms with Crippen LogP contribution in [0.25, 0.3) is 11.1 Å². The van der Waals surface area contributed by atoms with Crippen LogP contribution in [0.2, 0.25) is 0 Å². The zero-order valence-corrected chi connectivity index (χ0v) is 14.3. The Kier molecular flexibility index (Phi) is 4.85. The maximum Gasteiger partial charge on any atom is 0.407 e. The van der Waals surface area contributed by atoms with Crippen LogP contribution in [0.15, 0.2) is 48.5 Å². The van der Waals surface area contributed by atoms with E-state index in [1.54, 1.807) is 0 Å². The molecule has 2 aromatic rings. The average molecular weight is 390 g/mol. The van der Waals surface area contributed by atoms with E-state index in [9.17, 15) is 9.59 Å². The average Bonchev–Trinajstić information content (AvgIpc) is 2.92. The molecule has 3 rings (SSSR count). The van der Waals surface area contributed by atoms with Gasteiger partial charge in [0.25, 0.3) is 0 Å². The van der Waals surface area contributed by atoms with Crippen LogP contribution in [-0.2, 0) is 9.53 Å². The third-order valence-corrected chi connectivity index (χ3v) is 4.75. The number of alkyl halides is 1. The Hall–Kier alpha value is -2.34. The number of halogens is 1. The first-order chi connectivity index (χ1) is 11.6. The van der Waals surface area contributed by atoms with Crippen molar-refractivity contribution < 1.29 is 19.4 Å². The highest BCUT2D eigenvalue weighted by atomic mass is 79.9. The molecular formula is C18H16BrNO4. The van der Waals surface area contributed by atoms with Gasteiger partial charge in [0.2, 0.25) is 0 Å². The highest BCUT2D eigenvalue weighted by Crippen LogP contribution is 2.44. The summed E-state index contributed by atoms with van der Waals surface area (Å²) >= 11 is 2.96. The maximum atomic E-state index is 11.8. The maximum absolute atomic E-state index is 11.8. The van der Waals surface area contributed by atoms with E-state index in [4.69, 9.17) is 9.84 Å². The Morgan fingerprint density at radius 3 is 2.17 bits per heavy atom. The molecule has 1 amide bonds. The van der Waals surface area contributed by atoms with Gasteiger partial charge in [-0.3, -0.25) is 4.79 Å². The number of hydrogen-bond acceptors (Lipinski definition) is 3. The van der Waals surface area contributed by atoms with Gasteiger partial charge < -0.3 is 15.2 Å². The molecule has 1 aliphatic carbocycles. The number of benzene rings is 2. The van der Waals surface area contributed by atoms with Crippen molar-refractivity contribution in [3.8, 4) is 11.1 Å². The van der Waals surface area contributed by atoms with Crippen molar-refractivity contribution in [1.29, 1.82) is 0 Å². The summed E-state index contributed by atoms with van der Waals surface area (Å²) in [5.74, 6) is -1.05. The topological polar surface area (TPSA) is 75.6 Å². The molecule has 0 fully saturated rings. The van der Waals surface area contributed by atoms with Gasteiger partial charge in [-0.05, 0) is 22.3 Å². The van der Waals surface area contributed by atoms with Gasteiger partial charge in [-0.25, -0.2) is 4.79 Å². The van der Waals surface area contributed by atoms with Gasteiger partial charge >= 0.3 is 12.1 Å². The summed E-state index contributed by atoms with van der Waals surface area (Å²) in [6.45, 7) is 0.173. The number of hydrogen-bond donors (Lipinski definition) is 2. The molecule has 24 heavy (non-hydrogen) atoms. The van der Waals surface area contributed by atoms with Crippen LogP contribution in [0.3, 0.4) is 0 Å². The molecule has 0 spiro atoms. The second-order valence-corrected chi connectivity index (χ2v) is 6.62. The Bertz CT molecular complexity index is 732. The van der Waals surface area contributed by atoms with E-state index in [-0.39, 0.29) is 19.1 Å². The minimum Gasteiger partial charge on any atom is -0.480 e. The SMILES string of the molecule is O=C(NC[C@H](Br)C(=O)O)OCC1c2ccccc2-c2ccccc21. The molecule has 0 saturated carbocycles. The zero-order valence-electron chi connectivity index (χ0n) is 12.7. The van der Waals surface area contributed by atoms with Crippen LogP contribution in [0.4, 0.5) is 4.79 Å². The van der Waals surface area contributed by atoms with Crippen LogP contribution < -0.4 is 5.32 Å². The minimum absolute atomic E-state index is 0.0117. The van der Waals surface area contributed by atoms with E-state index in [0.717, 1.165) is 22.3 Å². The van der Waals surface area contributed by atoms with E-state index in [2.05, 4.69) is 33.4 Å². The zero-order chi connectivity index (χ0) is 17.1. The van der Waals surface area contributed by atoms with Crippen molar-refractivity contribution in [1.82, 2.24) is 5.32 Å². The van der Waals surface area contributed by atoms with Crippen LogP contribution in [-0.4, -0.2) is 35.1 Å². The van der Waals surface area contributed by atoms with Gasteiger partial charge in [0.05, 0.1) is 0 Å². The van der Waals surface area contributed by atoms with Crippen molar-refractivity contribution in [3.63, 3.8) is 0 Å². The number of carboxylic acid groups (broad SMARTS) is 1. The molecule has 0 heterocycles. The quantitative estimate of drug-likeness (QED) is 0.768. The summed E-state index contributed by atoms with van der Waals surface area (Å²) in [6, 6.07) is 16.1. The van der Waals surface area contributed by atoms with E-state index < -0.39 is 16.9 Å². The Balaban J connectivity index is 1.67. The summed E-state index contributed by atoms with van der Waals surface area (Å²) in [6.07, 6.45) is -0.623. The van der Waals surface area contributed by atoms with Crippen molar-refractivity contribution in [2.24, 2.45) is 0 Å². The van der Waals surface area contributed by atoms with Gasteiger partial charge in [0.15, 0.2) is 0 Å². The van der Waals surface area contributed by atoms with Gasteiger partial charge in [-0.1, -0.05) is 64.5 Å². The number of aliphatic carboxylic acids is 1. The third kappa shape index (κ3) is 3.28. The van der Waals surface area contributed by atoms with Gasteiger partial charge in [0.1, 0.15) is 11.4 Å². The van der Waals surface area contributed by atoms with Crippen LogP contribution in [0.1, 0.15) is 17.0 Å². The smallest absolute Gasteiger partial charge is 0.407 e. The Labute approximate surface area is 147 Å². The fraction of sp³-hybridized carbons (Fsp3) is 0.222. The fourth-order valence-corrected chi connectivity index (χ4v) is 3.07. The number of rotatable bonds is 5. The molecule has 0 aromatic heterocycles. The molecular weight excluding hydrogens is 374 g/mol. The first-order valence-corrected chi connectivity index (χ1v) is 8.45. The van der Waals surface area contributed by atoms with E-state index >= 15 is 0 Å². The van der Waals surface area contributed by atoms with Gasteiger partial charge in [0, 0.05) is 12.5 Å². The second-order valence-electron chi connectivity index (χ2n) is 5.51. The number of carboxylic acids is 1. The molecule has 124 valence electrons. The number of nitrogens with one attached hydrogen (secondary N) is 1. The van der Waals surface area contributed by atoms with Crippen LogP contribution >= 0.6 is 15.9 Å². The Morgan fingerprint density at radius 2 is 1.62 bits per heavy atom. The lowest BCUT2D eigenvalue weighted by molar-refractivity contribution is -0.136. The van der Waals surface area contributed by atoms with Crippen molar-refractivity contribution in [2.45, 2.75) is 10.7 Å². The molecule has 1 aliphatic rings. The lowest BCUT2D eigenvalue weighted by Gasteiger charge is -2.15. The molecule has 0 bridgehead atoms. The predicted octanol–water partition coefficient (Wildman–Crippen LogP) is 3.37. The van der Waals surface area contributed by atoms with Crippen molar-refractivity contribution in [3.05, 3.63) is 59.7 Å². The lowest BCUT2D eigenvalue weighted by Crippen LogP contribution is -2.34. The van der Waals surface area contributed by atoms with Crippen molar-refractivity contribution >= 4 is 28.0 Å². The fourth-order valence-electron chi connectivity index (χ4n) is 2.91. The molecule has 2 aromatic carbocycles. The summed E-state index contributed by atoms with van der Waals surface area (Å²) < 4.78 is 5.31. The molecule has 0 saturated heterocycles. The summed E-state index contributed by atoms with van der Waals surface area (Å²) in [5.41, 5.74) is 4.59. The lowest BCUT2D eigenvalue weighted by atomic mass is 9.98. The van der Waals surface area contributed by atoms with Gasteiger partial charge in [-0.2, -0.15) is 0 Å². The molecule has 0 aliphatic heterocycles. The number of carbonyl (C=O) groups is 2. The van der Waals surface area contributed by atoms with E-state index in [0.29, 0.717) is 0 Å². The monoisotopic (exact) mass is 389 g/mol. The number of amides is 1. The van der Waals surface area contributed by atoms with Gasteiger partial charge in [-0.15, -0.1) is 0 Å². The standard InChI is InChI=1S/C18H16BrNO4/c19-16(17(21)22)9-20-18(23)24-10-15-13-7-3-1-5-11(13)12-6-2-4-8-14(12)15/h1-8,15-16H,9-10H2,(H,20,23)(H,21,22)/t16-/m0/s1. The summed E-state index contributed by atoms with van der Waals surface area (Å²) in [7, 11) is 0. The molecule has 2 N–H and O–H groups in total. The summed E-state index contributed by atoms with van der Waals surface area (Å²) in [4.78, 5) is 21.7. The van der Waals surface area contributed by atoms with E-state index in [1.165, 1.54) is 0 Å². The minimum atomic E-state index is -1.03. The Morgan fingerprint density at radius 1 is 1.08 bits per heavy atom. The van der Waals surface area contributed by atoms with Crippen molar-refractivity contribution in [2.75, 3.05) is 13.2 Å². The third-order valence-electron chi connectivity index (χ3n) is 4.04. The summed E-state index contributed by atoms with van der Waals surface area (Å²) in [5, 5.41) is 11.2. The molecule has 6 heteroatoms. The normalized spacial score (nSPS) is 13.7. The van der Waals surface area contributed by atoms with Crippen LogP contribution in [0.5, 0.6) is 0 Å². The highest BCUT2D eigenvalue weighted by Gasteiger charge is 2.29. The number of carbonyl (C=O) groups excluding carboxylic acids is 1. The largest absolute Gasteiger partial charge is 0.480 e. The van der Waals surface area contributed by atoms with Crippen LogP contribution in [0, 0.1) is 0 Å². The number of ether oxygens (including phenoxy) is 1. The number of alkyl carbamates (subject to hydrolysis) is 1. The first kappa shape index (κ1) is 16.5. The highest BCUT2D eigenvalue weighted by molar-refractivity contribution is 9.10. The number of fused-ring (bicyclic) bond motifs is 3. The molecule has 5 nitrogen and oxygen atoms in total. The molecule has 0 radical (unpaired) electrons.